The van der Waals surface area contributed by atoms with E-state index in [1.165, 1.54) is 9.13 Å². The largest absolute Gasteiger partial charge is 0.322 e. The summed E-state index contributed by atoms with van der Waals surface area (Å²) >= 11 is 14.5. The van der Waals surface area contributed by atoms with E-state index in [0.717, 1.165) is 28.4 Å². The lowest BCUT2D eigenvalue weighted by molar-refractivity contribution is 0.742. The zero-order valence-corrected chi connectivity index (χ0v) is 15.0. The average Bonchev–Trinajstić information content (AvgIpc) is 2.79. The van der Waals surface area contributed by atoms with Crippen LogP contribution in [0.1, 0.15) is 23.7 Å². The van der Waals surface area contributed by atoms with E-state index in [-0.39, 0.29) is 5.38 Å². The summed E-state index contributed by atoms with van der Waals surface area (Å²) in [5.74, 6) is 0.892. The predicted molar refractivity (Wildman–Crippen MR) is 97.3 cm³/mol. The van der Waals surface area contributed by atoms with Crippen molar-refractivity contribution >= 4 is 56.8 Å². The number of fused-ring (bicyclic) bond motifs is 1. The van der Waals surface area contributed by atoms with Gasteiger partial charge in [-0.05, 0) is 65.4 Å². The van der Waals surface area contributed by atoms with E-state index in [1.54, 1.807) is 0 Å². The van der Waals surface area contributed by atoms with Crippen LogP contribution in [0.3, 0.4) is 0 Å². The van der Waals surface area contributed by atoms with Gasteiger partial charge in [0.2, 0.25) is 0 Å². The Bertz CT molecular complexity index is 779. The van der Waals surface area contributed by atoms with Gasteiger partial charge in [-0.3, -0.25) is 0 Å². The molecular weight excluding hydrogens is 418 g/mol. The summed E-state index contributed by atoms with van der Waals surface area (Å²) in [5.41, 5.74) is 3.27. The monoisotopic (exact) mass is 430 g/mol. The van der Waals surface area contributed by atoms with Gasteiger partial charge in [-0.2, -0.15) is 0 Å². The third-order valence-corrected chi connectivity index (χ3v) is 4.47. The van der Waals surface area contributed by atoms with Gasteiger partial charge in [0.15, 0.2) is 0 Å². The van der Waals surface area contributed by atoms with Crippen LogP contribution in [0.25, 0.3) is 11.0 Å². The first-order valence-electron chi connectivity index (χ1n) is 6.59. The molecule has 1 heterocycles. The number of hydrogen-bond donors (Lipinski definition) is 0. The molecule has 0 aliphatic carbocycles. The van der Waals surface area contributed by atoms with Crippen LogP contribution < -0.4 is 0 Å². The highest BCUT2D eigenvalue weighted by Gasteiger charge is 2.15. The van der Waals surface area contributed by atoms with Crippen molar-refractivity contribution in [2.75, 3.05) is 0 Å². The van der Waals surface area contributed by atoms with Crippen molar-refractivity contribution in [1.29, 1.82) is 0 Å². The first-order chi connectivity index (χ1) is 10.0. The molecule has 0 aliphatic heterocycles. The van der Waals surface area contributed by atoms with Crippen molar-refractivity contribution in [1.82, 2.24) is 9.55 Å². The topological polar surface area (TPSA) is 17.8 Å². The van der Waals surface area contributed by atoms with Crippen molar-refractivity contribution in [3.63, 3.8) is 0 Å². The molecule has 2 nitrogen and oxygen atoms in total. The number of hydrogen-bond acceptors (Lipinski definition) is 1. The molecule has 21 heavy (non-hydrogen) atoms. The quantitative estimate of drug-likeness (QED) is 0.388. The van der Waals surface area contributed by atoms with Gasteiger partial charge in [0.1, 0.15) is 5.82 Å². The van der Waals surface area contributed by atoms with Crippen molar-refractivity contribution in [3.05, 3.63) is 62.4 Å². The maximum atomic E-state index is 6.30. The fraction of sp³-hybridized carbons (Fsp3) is 0.188. The molecule has 0 radical (unpaired) electrons. The van der Waals surface area contributed by atoms with Gasteiger partial charge in [0.05, 0.1) is 16.4 Å². The molecule has 0 spiro atoms. The number of alkyl halides is 1. The fourth-order valence-corrected chi connectivity index (χ4v) is 3.13. The lowest BCUT2D eigenvalue weighted by Gasteiger charge is -2.11. The van der Waals surface area contributed by atoms with Crippen LogP contribution in [0.15, 0.2) is 42.5 Å². The van der Waals surface area contributed by atoms with Crippen LogP contribution in [0.5, 0.6) is 0 Å². The zero-order valence-electron chi connectivity index (χ0n) is 11.4. The Balaban J connectivity index is 2.10. The van der Waals surface area contributed by atoms with Crippen LogP contribution in [-0.4, -0.2) is 9.55 Å². The lowest BCUT2D eigenvalue weighted by Crippen LogP contribution is -2.05. The molecule has 1 atom stereocenters. The molecule has 0 fully saturated rings. The van der Waals surface area contributed by atoms with Crippen LogP contribution in [0, 0.1) is 3.57 Å². The van der Waals surface area contributed by atoms with Crippen molar-refractivity contribution < 1.29 is 0 Å². The maximum absolute atomic E-state index is 6.30. The molecule has 0 saturated heterocycles. The van der Waals surface area contributed by atoms with Crippen molar-refractivity contribution in [2.45, 2.75) is 18.8 Å². The summed E-state index contributed by atoms with van der Waals surface area (Å²) in [4.78, 5) is 4.69. The lowest BCUT2D eigenvalue weighted by atomic mass is 10.2. The number of aromatic nitrogens is 2. The SMILES string of the molecule is CC(Cl)c1nc2cc(I)ccc2n1Cc1ccc(Cl)cc1. The van der Waals surface area contributed by atoms with Crippen LogP contribution in [0.2, 0.25) is 5.02 Å². The van der Waals surface area contributed by atoms with E-state index >= 15 is 0 Å². The molecule has 0 amide bonds. The molecule has 0 N–H and O–H groups in total. The molecule has 1 unspecified atom stereocenters. The highest BCUT2D eigenvalue weighted by Crippen LogP contribution is 2.26. The fourth-order valence-electron chi connectivity index (χ4n) is 2.36. The average molecular weight is 431 g/mol. The smallest absolute Gasteiger partial charge is 0.128 e. The highest BCUT2D eigenvalue weighted by molar-refractivity contribution is 14.1. The second-order valence-corrected chi connectivity index (χ2v) is 7.27. The van der Waals surface area contributed by atoms with Gasteiger partial charge < -0.3 is 4.57 Å². The summed E-state index contributed by atoms with van der Waals surface area (Å²) in [6.07, 6.45) is 0. The van der Waals surface area contributed by atoms with E-state index < -0.39 is 0 Å². The summed E-state index contributed by atoms with van der Waals surface area (Å²) in [6.45, 7) is 2.69. The van der Waals surface area contributed by atoms with Gasteiger partial charge in [-0.15, -0.1) is 11.6 Å². The Hall–Kier alpha value is -0.780. The van der Waals surface area contributed by atoms with Gasteiger partial charge in [0.25, 0.3) is 0 Å². The Labute approximate surface area is 147 Å². The van der Waals surface area contributed by atoms with E-state index in [0.29, 0.717) is 0 Å². The molecule has 0 aliphatic rings. The first kappa shape index (κ1) is 15.1. The molecule has 108 valence electrons. The highest BCUT2D eigenvalue weighted by atomic mass is 127. The number of halogens is 3. The van der Waals surface area contributed by atoms with E-state index in [9.17, 15) is 0 Å². The summed E-state index contributed by atoms with van der Waals surface area (Å²) in [7, 11) is 0. The summed E-state index contributed by atoms with van der Waals surface area (Å²) < 4.78 is 3.34. The summed E-state index contributed by atoms with van der Waals surface area (Å²) in [6, 6.07) is 14.1. The number of rotatable bonds is 3. The predicted octanol–water partition coefficient (Wildman–Crippen LogP) is 5.64. The van der Waals surface area contributed by atoms with Crippen LogP contribution in [0.4, 0.5) is 0 Å². The molecule has 1 aromatic heterocycles. The Morgan fingerprint density at radius 2 is 1.90 bits per heavy atom. The van der Waals surface area contributed by atoms with E-state index in [1.807, 2.05) is 31.2 Å². The maximum Gasteiger partial charge on any atom is 0.128 e. The van der Waals surface area contributed by atoms with Gasteiger partial charge >= 0.3 is 0 Å². The molecule has 3 aromatic rings. The minimum Gasteiger partial charge on any atom is -0.322 e. The Morgan fingerprint density at radius 1 is 1.19 bits per heavy atom. The normalized spacial score (nSPS) is 12.8. The number of benzene rings is 2. The van der Waals surface area contributed by atoms with Crippen LogP contribution >= 0.6 is 45.8 Å². The number of nitrogens with zero attached hydrogens (tertiary/aromatic N) is 2. The van der Waals surface area contributed by atoms with E-state index in [2.05, 4.69) is 50.3 Å². The standard InChI is InChI=1S/C16H13Cl2IN2/c1-10(17)16-20-14-8-13(19)6-7-15(14)21(16)9-11-2-4-12(18)5-3-11/h2-8,10H,9H2,1H3. The third-order valence-electron chi connectivity index (χ3n) is 3.35. The second-order valence-electron chi connectivity index (χ2n) is 4.93. The van der Waals surface area contributed by atoms with Crippen LogP contribution in [-0.2, 0) is 6.54 Å². The molecule has 5 heteroatoms. The molecular formula is C16H13Cl2IN2. The van der Waals surface area contributed by atoms with Crippen molar-refractivity contribution in [2.24, 2.45) is 0 Å². The molecule has 0 bridgehead atoms. The minimum absolute atomic E-state index is 0.137. The van der Waals surface area contributed by atoms with Gasteiger partial charge in [-0.25, -0.2) is 4.98 Å². The van der Waals surface area contributed by atoms with E-state index in [4.69, 9.17) is 23.2 Å². The van der Waals surface area contributed by atoms with Gasteiger partial charge in [0, 0.05) is 15.1 Å². The summed E-state index contributed by atoms with van der Waals surface area (Å²) in [5, 5.41) is 0.608. The molecule has 0 saturated carbocycles. The minimum atomic E-state index is -0.137. The zero-order chi connectivity index (χ0) is 15.0. The molecule has 3 rings (SSSR count). The first-order valence-corrected chi connectivity index (χ1v) is 8.48. The Kier molecular flexibility index (Phi) is 4.43. The number of imidazole rings is 1. The molecule has 2 aromatic carbocycles. The van der Waals surface area contributed by atoms with Gasteiger partial charge in [-0.1, -0.05) is 23.7 Å². The third kappa shape index (κ3) is 3.20. The van der Waals surface area contributed by atoms with Crippen molar-refractivity contribution in [3.8, 4) is 0 Å². The Morgan fingerprint density at radius 3 is 2.57 bits per heavy atom. The second kappa shape index (κ2) is 6.15.